The maximum absolute atomic E-state index is 12.6. The molecule has 1 unspecified atom stereocenters. The number of hydrogen-bond acceptors (Lipinski definition) is 9. The predicted octanol–water partition coefficient (Wildman–Crippen LogP) is 4.51. The Kier molecular flexibility index (Phi) is 13.3. The molecule has 1 rings (SSSR count). The lowest BCUT2D eigenvalue weighted by molar-refractivity contribution is -0.154. The Balaban J connectivity index is 3.23. The summed E-state index contributed by atoms with van der Waals surface area (Å²) in [5.41, 5.74) is 5.50. The highest BCUT2D eigenvalue weighted by molar-refractivity contribution is 5.81. The van der Waals surface area contributed by atoms with Gasteiger partial charge in [0.05, 0.1) is 7.11 Å². The summed E-state index contributed by atoms with van der Waals surface area (Å²) < 4.78 is 21.3. The van der Waals surface area contributed by atoms with Gasteiger partial charge in [-0.25, -0.2) is 0 Å². The number of methoxy groups -OCH3 is 1. The normalized spacial score (nSPS) is 13.6. The van der Waals surface area contributed by atoms with Gasteiger partial charge >= 0.3 is 23.9 Å². The van der Waals surface area contributed by atoms with Crippen LogP contribution in [0.2, 0.25) is 0 Å². The van der Waals surface area contributed by atoms with E-state index in [9.17, 15) is 19.2 Å². The molecule has 0 bridgehead atoms. The summed E-state index contributed by atoms with van der Waals surface area (Å²) in [7, 11) is 1.23. The third-order valence-electron chi connectivity index (χ3n) is 5.69. The first-order valence-corrected chi connectivity index (χ1v) is 12.9. The topological polar surface area (TPSA) is 131 Å². The van der Waals surface area contributed by atoms with Crippen LogP contribution in [0.4, 0.5) is 0 Å². The predicted molar refractivity (Wildman–Crippen MR) is 139 cm³/mol. The summed E-state index contributed by atoms with van der Waals surface area (Å²) in [6, 6.07) is 4.70. The standard InChI is InChI=1S/C28H43NO8/c1-8-24(30)35-20(6)16-28(29,27(33)34-7)17-21-11-12-22(36-25(31)13-9-18(2)3)23(15-21)37-26(32)14-10-19(4)5/h11-12,15,18-20H,8-10,13-14,16-17,29H2,1-7H3/t20?,28-/m1/s1. The van der Waals surface area contributed by atoms with Crippen molar-refractivity contribution in [1.82, 2.24) is 0 Å². The highest BCUT2D eigenvalue weighted by Crippen LogP contribution is 2.32. The largest absolute Gasteiger partial charge is 0.468 e. The van der Waals surface area contributed by atoms with E-state index in [1.54, 1.807) is 19.9 Å². The number of carbonyl (C=O) groups excluding carboxylic acids is 4. The summed E-state index contributed by atoms with van der Waals surface area (Å²) >= 11 is 0. The molecule has 9 heteroatoms. The lowest BCUT2D eigenvalue weighted by atomic mass is 9.86. The van der Waals surface area contributed by atoms with Crippen LogP contribution < -0.4 is 15.2 Å². The van der Waals surface area contributed by atoms with Gasteiger partial charge in [-0.2, -0.15) is 0 Å². The van der Waals surface area contributed by atoms with E-state index in [4.69, 9.17) is 24.7 Å². The van der Waals surface area contributed by atoms with E-state index in [-0.39, 0.29) is 43.6 Å². The van der Waals surface area contributed by atoms with Crippen molar-refractivity contribution in [3.63, 3.8) is 0 Å². The average Bonchev–Trinajstić information content (AvgIpc) is 2.82. The maximum atomic E-state index is 12.6. The Bertz CT molecular complexity index is 927. The summed E-state index contributed by atoms with van der Waals surface area (Å²) in [4.78, 5) is 49.2. The fourth-order valence-corrected chi connectivity index (χ4v) is 3.64. The molecule has 0 aliphatic heterocycles. The van der Waals surface area contributed by atoms with Gasteiger partial charge in [0.25, 0.3) is 0 Å². The Hall–Kier alpha value is -2.94. The zero-order valence-corrected chi connectivity index (χ0v) is 23.3. The van der Waals surface area contributed by atoms with Gasteiger partial charge in [0.15, 0.2) is 11.5 Å². The highest BCUT2D eigenvalue weighted by Gasteiger charge is 2.38. The van der Waals surface area contributed by atoms with E-state index >= 15 is 0 Å². The molecule has 0 aliphatic carbocycles. The van der Waals surface area contributed by atoms with Crippen molar-refractivity contribution >= 4 is 23.9 Å². The number of rotatable bonds is 15. The van der Waals surface area contributed by atoms with E-state index < -0.39 is 35.5 Å². The van der Waals surface area contributed by atoms with Crippen LogP contribution >= 0.6 is 0 Å². The Morgan fingerprint density at radius 3 is 1.89 bits per heavy atom. The van der Waals surface area contributed by atoms with Crippen molar-refractivity contribution in [3.05, 3.63) is 23.8 Å². The smallest absolute Gasteiger partial charge is 0.326 e. The molecule has 0 fully saturated rings. The van der Waals surface area contributed by atoms with Crippen molar-refractivity contribution in [2.45, 2.75) is 98.1 Å². The van der Waals surface area contributed by atoms with E-state index in [1.807, 2.05) is 27.7 Å². The second-order valence-corrected chi connectivity index (χ2v) is 10.3. The molecule has 0 amide bonds. The van der Waals surface area contributed by atoms with Crippen LogP contribution in [0.1, 0.15) is 85.6 Å². The van der Waals surface area contributed by atoms with Crippen LogP contribution in [0.5, 0.6) is 11.5 Å². The lowest BCUT2D eigenvalue weighted by Gasteiger charge is -2.29. The molecule has 0 radical (unpaired) electrons. The van der Waals surface area contributed by atoms with E-state index in [2.05, 4.69) is 0 Å². The van der Waals surface area contributed by atoms with Crippen molar-refractivity contribution in [3.8, 4) is 11.5 Å². The summed E-state index contributed by atoms with van der Waals surface area (Å²) in [6.07, 6.45) is 1.32. The zero-order valence-electron chi connectivity index (χ0n) is 23.3. The second kappa shape index (κ2) is 15.3. The van der Waals surface area contributed by atoms with Crippen LogP contribution in [0, 0.1) is 11.8 Å². The van der Waals surface area contributed by atoms with Crippen molar-refractivity contribution in [2.75, 3.05) is 7.11 Å². The number of ether oxygens (including phenoxy) is 4. The van der Waals surface area contributed by atoms with Gasteiger partial charge in [0.1, 0.15) is 11.6 Å². The van der Waals surface area contributed by atoms with Crippen LogP contribution in [0.15, 0.2) is 18.2 Å². The number of carbonyl (C=O) groups is 4. The monoisotopic (exact) mass is 521 g/mol. The number of nitrogens with two attached hydrogens (primary N) is 1. The van der Waals surface area contributed by atoms with Crippen LogP contribution in [0.3, 0.4) is 0 Å². The molecule has 0 saturated carbocycles. The molecule has 1 aromatic rings. The minimum atomic E-state index is -1.52. The molecule has 2 N–H and O–H groups in total. The zero-order chi connectivity index (χ0) is 28.2. The Morgan fingerprint density at radius 2 is 1.41 bits per heavy atom. The fourth-order valence-electron chi connectivity index (χ4n) is 3.64. The van der Waals surface area contributed by atoms with Gasteiger partial charge in [-0.15, -0.1) is 0 Å². The third kappa shape index (κ3) is 11.8. The van der Waals surface area contributed by atoms with Crippen LogP contribution in [-0.2, 0) is 35.1 Å². The number of hydrogen-bond donors (Lipinski definition) is 1. The molecule has 9 nitrogen and oxygen atoms in total. The number of esters is 4. The lowest BCUT2D eigenvalue weighted by Crippen LogP contribution is -2.53. The molecule has 0 spiro atoms. The molecule has 208 valence electrons. The van der Waals surface area contributed by atoms with Gasteiger partial charge in [-0.05, 0) is 49.3 Å². The summed E-state index contributed by atoms with van der Waals surface area (Å²) in [5, 5.41) is 0. The summed E-state index contributed by atoms with van der Waals surface area (Å²) in [5.74, 6) is -1.14. The maximum Gasteiger partial charge on any atom is 0.326 e. The molecule has 0 aliphatic rings. The second-order valence-electron chi connectivity index (χ2n) is 10.3. The van der Waals surface area contributed by atoms with Crippen LogP contribution in [0.25, 0.3) is 0 Å². The van der Waals surface area contributed by atoms with Crippen LogP contribution in [-0.4, -0.2) is 42.6 Å². The molecule has 2 atom stereocenters. The molecule has 37 heavy (non-hydrogen) atoms. The highest BCUT2D eigenvalue weighted by atomic mass is 16.6. The first-order chi connectivity index (χ1) is 17.3. The van der Waals surface area contributed by atoms with Gasteiger partial charge in [0, 0.05) is 32.1 Å². The molecule has 0 aromatic heterocycles. The van der Waals surface area contributed by atoms with Crippen molar-refractivity contribution in [1.29, 1.82) is 0 Å². The van der Waals surface area contributed by atoms with Crippen molar-refractivity contribution < 1.29 is 38.1 Å². The van der Waals surface area contributed by atoms with E-state index in [0.29, 0.717) is 30.2 Å². The molecule has 0 saturated heterocycles. The first-order valence-electron chi connectivity index (χ1n) is 12.9. The minimum absolute atomic E-state index is 0.00576. The minimum Gasteiger partial charge on any atom is -0.468 e. The quantitative estimate of drug-likeness (QED) is 0.261. The van der Waals surface area contributed by atoms with Gasteiger partial charge in [-0.3, -0.25) is 19.2 Å². The van der Waals surface area contributed by atoms with E-state index in [1.165, 1.54) is 19.2 Å². The fraction of sp³-hybridized carbons (Fsp3) is 0.643. The number of benzene rings is 1. The Labute approximate surface area is 220 Å². The Morgan fingerprint density at radius 1 is 0.865 bits per heavy atom. The van der Waals surface area contributed by atoms with E-state index in [0.717, 1.165) is 0 Å². The molecule has 0 heterocycles. The first kappa shape index (κ1) is 32.1. The average molecular weight is 522 g/mol. The molecular weight excluding hydrogens is 478 g/mol. The molecule has 1 aromatic carbocycles. The van der Waals surface area contributed by atoms with Crippen molar-refractivity contribution in [2.24, 2.45) is 17.6 Å². The third-order valence-corrected chi connectivity index (χ3v) is 5.69. The van der Waals surface area contributed by atoms with Gasteiger partial charge in [-0.1, -0.05) is 40.7 Å². The van der Waals surface area contributed by atoms with Gasteiger partial charge in [0.2, 0.25) is 0 Å². The molecular formula is C28H43NO8. The summed E-state index contributed by atoms with van der Waals surface area (Å²) in [6.45, 7) is 11.3. The van der Waals surface area contributed by atoms with Gasteiger partial charge < -0.3 is 24.7 Å². The SMILES string of the molecule is CCC(=O)OC(C)C[C@@](N)(Cc1ccc(OC(=O)CCC(C)C)c(OC(=O)CCC(C)C)c1)C(=O)OC.